The number of ether oxygens (including phenoxy) is 1. The average molecular weight is 539 g/mol. The number of fused-ring (bicyclic) bond motifs is 5. The molecule has 0 aliphatic heterocycles. The molecular weight excluding hydrogens is 491 g/mol. The van der Waals surface area contributed by atoms with Crippen molar-refractivity contribution in [3.8, 4) is 0 Å². The van der Waals surface area contributed by atoms with Crippen LogP contribution < -0.4 is 34.7 Å². The Morgan fingerprint density at radius 3 is 2.29 bits per heavy atom. The van der Waals surface area contributed by atoms with Crippen LogP contribution in [0.4, 0.5) is 0 Å². The molecule has 0 radical (unpaired) electrons. The van der Waals surface area contributed by atoms with Gasteiger partial charge < -0.3 is 24.9 Å². The molecule has 0 amide bonds. The van der Waals surface area contributed by atoms with Crippen LogP contribution in [0.3, 0.4) is 0 Å². The second-order valence-corrected chi connectivity index (χ2v) is 13.6. The van der Waals surface area contributed by atoms with Crippen molar-refractivity contribution in [1.82, 2.24) is 0 Å². The number of carbonyl (C=O) groups excluding carboxylic acids is 2. The van der Waals surface area contributed by atoms with E-state index in [2.05, 4.69) is 27.7 Å². The minimum absolute atomic E-state index is 0. The zero-order valence-corrected chi connectivity index (χ0v) is 26.8. The molecule has 0 aromatic rings. The van der Waals surface area contributed by atoms with Crippen LogP contribution in [0.1, 0.15) is 99.8 Å². The molecule has 2 N–H and O–H groups in total. The van der Waals surface area contributed by atoms with E-state index in [4.69, 9.17) is 4.74 Å². The Bertz CT molecular complexity index is 1000. The summed E-state index contributed by atoms with van der Waals surface area (Å²) in [5, 5.41) is 35.0. The van der Waals surface area contributed by atoms with Gasteiger partial charge in [0, 0.05) is 6.92 Å². The number of hydrogen-bond acceptors (Lipinski definition) is 6. The van der Waals surface area contributed by atoms with Crippen LogP contribution in [0.2, 0.25) is 0 Å². The average Bonchev–Trinajstić information content (AvgIpc) is 3.05. The summed E-state index contributed by atoms with van der Waals surface area (Å²) >= 11 is 0. The first kappa shape index (κ1) is 31.9. The van der Waals surface area contributed by atoms with Crippen molar-refractivity contribution in [1.29, 1.82) is 0 Å². The Morgan fingerprint density at radius 1 is 1.05 bits per heavy atom. The summed E-state index contributed by atoms with van der Waals surface area (Å²) in [6.07, 6.45) is 5.92. The zero-order valence-electron chi connectivity index (χ0n) is 24.8. The number of hydrogen-bond donors (Lipinski definition) is 2. The molecule has 4 aliphatic carbocycles. The van der Waals surface area contributed by atoms with Gasteiger partial charge in [0.1, 0.15) is 6.10 Å². The summed E-state index contributed by atoms with van der Waals surface area (Å²) in [7, 11) is 0. The second-order valence-electron chi connectivity index (χ2n) is 13.6. The van der Waals surface area contributed by atoms with E-state index in [9.17, 15) is 24.9 Å². The third-order valence-corrected chi connectivity index (χ3v) is 11.6. The predicted molar refractivity (Wildman–Crippen MR) is 140 cm³/mol. The number of carboxylic acids is 1. The monoisotopic (exact) mass is 538 g/mol. The molecule has 2 unspecified atom stereocenters. The van der Waals surface area contributed by atoms with Crippen LogP contribution in [0.25, 0.3) is 0 Å². The van der Waals surface area contributed by atoms with Gasteiger partial charge in [-0.2, -0.15) is 0 Å². The van der Waals surface area contributed by atoms with Gasteiger partial charge >= 0.3 is 35.5 Å². The Kier molecular flexibility index (Phi) is 9.49. The number of aliphatic carboxylic acids is 1. The number of aliphatic hydroxyl groups is 2. The quantitative estimate of drug-likeness (QED) is 0.237. The fourth-order valence-corrected chi connectivity index (χ4v) is 9.78. The predicted octanol–water partition coefficient (Wildman–Crippen LogP) is 1.34. The van der Waals surface area contributed by atoms with E-state index in [-0.39, 0.29) is 75.2 Å². The van der Waals surface area contributed by atoms with Crippen molar-refractivity contribution in [3.05, 3.63) is 22.8 Å². The van der Waals surface area contributed by atoms with Crippen LogP contribution in [0.15, 0.2) is 22.8 Å². The first-order chi connectivity index (χ1) is 17.2. The molecule has 10 atom stereocenters. The molecule has 0 heterocycles. The smallest absolute Gasteiger partial charge is 0.545 e. The number of allylic oxidation sites excluding steroid dienone is 2. The van der Waals surface area contributed by atoms with Crippen LogP contribution in [-0.4, -0.2) is 40.5 Å². The van der Waals surface area contributed by atoms with Gasteiger partial charge in [-0.1, -0.05) is 39.3 Å². The van der Waals surface area contributed by atoms with E-state index < -0.39 is 24.1 Å². The summed E-state index contributed by atoms with van der Waals surface area (Å²) in [5.74, 6) is -1.25. The van der Waals surface area contributed by atoms with E-state index in [1.54, 1.807) is 0 Å². The van der Waals surface area contributed by atoms with Gasteiger partial charge in [-0.3, -0.25) is 4.79 Å². The van der Waals surface area contributed by atoms with Gasteiger partial charge in [-0.25, -0.2) is 0 Å². The number of aliphatic hydroxyl groups excluding tert-OH is 2. The van der Waals surface area contributed by atoms with Crippen molar-refractivity contribution in [3.63, 3.8) is 0 Å². The Hall–Kier alpha value is -0.660. The van der Waals surface area contributed by atoms with E-state index in [1.807, 2.05) is 19.9 Å². The van der Waals surface area contributed by atoms with Gasteiger partial charge in [0.15, 0.2) is 0 Å². The third kappa shape index (κ3) is 5.00. The zero-order chi connectivity index (χ0) is 27.5. The molecule has 0 bridgehead atoms. The van der Waals surface area contributed by atoms with Crippen LogP contribution in [-0.2, 0) is 14.3 Å². The van der Waals surface area contributed by atoms with Crippen LogP contribution >= 0.6 is 0 Å². The fraction of sp³-hybridized carbons (Fsp3) is 0.806. The standard InChI is InChI=1S/C31H48O6.Na/c1-17(2)9-8-10-20(28(35)36)26-22-15-24(34)27-29(5)13-12-23(33)18(3)21(29)11-14-30(27,6)31(22,7)16-25(26)37-19(4)32;/h9,18,21-25,27,33-34H,8,10-16H2,1-7H3,(H,35,36);/q;+1/p-1/b26-20-;/t18-,21?,22+,23+,24+,25-,27?,29-,30-,31-;/m0./s1. The summed E-state index contributed by atoms with van der Waals surface area (Å²) in [4.78, 5) is 24.7. The first-order valence-electron chi connectivity index (χ1n) is 14.3. The van der Waals surface area contributed by atoms with Gasteiger partial charge in [0.2, 0.25) is 0 Å². The van der Waals surface area contributed by atoms with E-state index >= 15 is 0 Å². The summed E-state index contributed by atoms with van der Waals surface area (Å²) in [6, 6.07) is 0. The van der Waals surface area contributed by atoms with Gasteiger partial charge in [0.25, 0.3) is 0 Å². The number of carboxylic acid groups (broad SMARTS) is 1. The summed E-state index contributed by atoms with van der Waals surface area (Å²) < 4.78 is 5.84. The van der Waals surface area contributed by atoms with Gasteiger partial charge in [0.05, 0.1) is 18.2 Å². The first-order valence-corrected chi connectivity index (χ1v) is 14.3. The van der Waals surface area contributed by atoms with Crippen LogP contribution in [0, 0.1) is 39.9 Å². The van der Waals surface area contributed by atoms with E-state index in [0.29, 0.717) is 37.2 Å². The van der Waals surface area contributed by atoms with Gasteiger partial charge in [-0.15, -0.1) is 0 Å². The number of carbonyl (C=O) groups is 2. The molecule has 208 valence electrons. The Morgan fingerprint density at radius 2 is 1.71 bits per heavy atom. The molecule has 4 rings (SSSR count). The SMILES string of the molecule is CC(=O)O[C@H]1C[C@@]2(C)[C@H](C[C@@H](O)C3[C@@]4(C)CC[C@@H](O)[C@@H](C)C4CC[C@@]32C)/C1=C(\CCC=C(C)C)C(=O)[O-].[Na+]. The largest absolute Gasteiger partial charge is 1.00 e. The molecule has 0 aromatic heterocycles. The molecule has 0 saturated heterocycles. The maximum absolute atomic E-state index is 12.5. The molecule has 38 heavy (non-hydrogen) atoms. The minimum atomic E-state index is -1.20. The maximum Gasteiger partial charge on any atom is 1.00 e. The summed E-state index contributed by atoms with van der Waals surface area (Å²) in [6.45, 7) is 14.4. The maximum atomic E-state index is 12.5. The molecule has 7 heteroatoms. The van der Waals surface area contributed by atoms with Crippen molar-refractivity contribution in [2.24, 2.45) is 39.9 Å². The van der Waals surface area contributed by atoms with E-state index in [1.165, 1.54) is 6.92 Å². The van der Waals surface area contributed by atoms with Crippen LogP contribution in [0.5, 0.6) is 0 Å². The molecular formula is C31H47NaO6. The second kappa shape index (κ2) is 11.3. The Labute approximate surface area is 251 Å². The number of rotatable bonds is 5. The fourth-order valence-electron chi connectivity index (χ4n) is 9.78. The summed E-state index contributed by atoms with van der Waals surface area (Å²) in [5.41, 5.74) is 1.31. The van der Waals surface area contributed by atoms with Crippen molar-refractivity contribution in [2.75, 3.05) is 0 Å². The van der Waals surface area contributed by atoms with E-state index in [0.717, 1.165) is 31.3 Å². The van der Waals surface area contributed by atoms with Crippen molar-refractivity contribution < 1.29 is 59.2 Å². The normalized spacial score (nSPS) is 45.0. The topological polar surface area (TPSA) is 107 Å². The molecule has 0 spiro atoms. The molecule has 6 nitrogen and oxygen atoms in total. The molecule has 4 fully saturated rings. The number of esters is 1. The molecule has 4 saturated carbocycles. The third-order valence-electron chi connectivity index (χ3n) is 11.6. The molecule has 4 aliphatic rings. The van der Waals surface area contributed by atoms with Gasteiger partial charge in [-0.05, 0) is 116 Å². The van der Waals surface area contributed by atoms with Crippen molar-refractivity contribution in [2.45, 2.75) is 118 Å². The minimum Gasteiger partial charge on any atom is -0.545 e. The Balaban J connectivity index is 0.00000400. The van der Waals surface area contributed by atoms with Crippen molar-refractivity contribution >= 4 is 11.9 Å². The molecule has 0 aromatic carbocycles.